The third-order valence-corrected chi connectivity index (χ3v) is 4.17. The molecule has 1 aromatic heterocycles. The van der Waals surface area contributed by atoms with Crippen LogP contribution in [0.4, 0.5) is 10.1 Å². The van der Waals surface area contributed by atoms with E-state index < -0.39 is 0 Å². The number of hydrogen-bond donors (Lipinski definition) is 3. The van der Waals surface area contributed by atoms with Crippen molar-refractivity contribution < 1.29 is 23.4 Å². The van der Waals surface area contributed by atoms with Gasteiger partial charge in [0, 0.05) is 12.6 Å². The molecule has 1 amide bonds. The van der Waals surface area contributed by atoms with Gasteiger partial charge in [-0.25, -0.2) is 4.39 Å². The molecule has 1 aliphatic rings. The third-order valence-electron chi connectivity index (χ3n) is 4.17. The average Bonchev–Trinajstić information content (AvgIpc) is 2.96. The predicted molar refractivity (Wildman–Crippen MR) is 84.0 cm³/mol. The molecule has 0 aliphatic carbocycles. The normalized spacial score (nSPS) is 20.8. The molecule has 0 bridgehead atoms. The van der Waals surface area contributed by atoms with Crippen molar-refractivity contribution in [1.29, 1.82) is 0 Å². The Bertz CT molecular complexity index is 680. The van der Waals surface area contributed by atoms with Crippen molar-refractivity contribution >= 4 is 11.6 Å². The minimum atomic E-state index is -0.311. The predicted octanol–water partition coefficient (Wildman–Crippen LogP) is -1.56. The molecule has 8 heteroatoms. The molecule has 24 heavy (non-hydrogen) atoms. The zero-order chi connectivity index (χ0) is 16.9. The number of carbonyl (C=O) groups excluding carboxylic acids is 1. The van der Waals surface area contributed by atoms with Crippen molar-refractivity contribution in [2.75, 3.05) is 38.0 Å². The molecule has 0 radical (unpaired) electrons. The Morgan fingerprint density at radius 1 is 1.17 bits per heavy atom. The fourth-order valence-corrected chi connectivity index (χ4v) is 2.90. The van der Waals surface area contributed by atoms with Crippen LogP contribution in [0.3, 0.4) is 0 Å². The molecule has 0 atom stereocenters. The fourth-order valence-electron chi connectivity index (χ4n) is 2.90. The summed E-state index contributed by atoms with van der Waals surface area (Å²) in [5.74, 6) is 0.896. The van der Waals surface area contributed by atoms with Gasteiger partial charge in [0.15, 0.2) is 13.1 Å². The van der Waals surface area contributed by atoms with Gasteiger partial charge in [-0.1, -0.05) is 0 Å². The van der Waals surface area contributed by atoms with E-state index in [1.54, 1.807) is 19.1 Å². The van der Waals surface area contributed by atoms with Crippen LogP contribution in [0.5, 0.6) is 0 Å². The summed E-state index contributed by atoms with van der Waals surface area (Å²) in [6.45, 7) is 6.69. The quantitative estimate of drug-likeness (QED) is 0.618. The maximum Gasteiger partial charge on any atom is 0.279 e. The number of amides is 1. The van der Waals surface area contributed by atoms with Gasteiger partial charge in [0.2, 0.25) is 5.89 Å². The Balaban J connectivity index is 1.41. The maximum atomic E-state index is 12.9. The Hall–Kier alpha value is -2.32. The largest absolute Gasteiger partial charge is 0.420 e. The minimum Gasteiger partial charge on any atom is -0.420 e. The van der Waals surface area contributed by atoms with E-state index in [0.717, 1.165) is 32.7 Å². The molecule has 7 nitrogen and oxygen atoms in total. The van der Waals surface area contributed by atoms with Crippen LogP contribution >= 0.6 is 0 Å². The molecule has 1 aliphatic heterocycles. The zero-order valence-corrected chi connectivity index (χ0v) is 13.6. The summed E-state index contributed by atoms with van der Waals surface area (Å²) in [6, 6.07) is 5.81. The van der Waals surface area contributed by atoms with Crippen LogP contribution in [-0.4, -0.2) is 48.8 Å². The molecule has 0 unspecified atom stereocenters. The van der Waals surface area contributed by atoms with E-state index in [-0.39, 0.29) is 11.7 Å². The number of rotatable bonds is 5. The van der Waals surface area contributed by atoms with Crippen LogP contribution < -0.4 is 15.1 Å². The number of aromatic nitrogens is 2. The second-order valence-electron chi connectivity index (χ2n) is 6.12. The fraction of sp³-hybridized carbons (Fsp3) is 0.438. The van der Waals surface area contributed by atoms with Crippen LogP contribution in [0.2, 0.25) is 0 Å². The highest BCUT2D eigenvalue weighted by atomic mass is 19.1. The summed E-state index contributed by atoms with van der Waals surface area (Å²) >= 11 is 0. The van der Waals surface area contributed by atoms with Crippen LogP contribution in [0.25, 0.3) is 0 Å². The van der Waals surface area contributed by atoms with Crippen molar-refractivity contribution in [1.82, 2.24) is 10.2 Å². The lowest BCUT2D eigenvalue weighted by Gasteiger charge is -2.28. The number of benzene rings is 1. The first-order valence-electron chi connectivity index (χ1n) is 8.10. The first kappa shape index (κ1) is 16.5. The SMILES string of the molecule is Cc1nnc(C[NH+]2CC[NH+](CC(=O)Nc3ccc(F)cc3)CC2)o1. The molecule has 0 spiro atoms. The second kappa shape index (κ2) is 7.50. The van der Waals surface area contributed by atoms with Crippen molar-refractivity contribution in [2.45, 2.75) is 13.5 Å². The Kier molecular flexibility index (Phi) is 5.17. The van der Waals surface area contributed by atoms with Gasteiger partial charge in [0.25, 0.3) is 11.8 Å². The van der Waals surface area contributed by atoms with Crippen LogP contribution in [0, 0.1) is 12.7 Å². The minimum absolute atomic E-state index is 0.0485. The molecular weight excluding hydrogens is 313 g/mol. The summed E-state index contributed by atoms with van der Waals surface area (Å²) in [4.78, 5) is 14.7. The molecule has 1 aromatic carbocycles. The number of aryl methyl sites for hydroxylation is 1. The standard InChI is InChI=1S/C16H20FN5O2/c1-12-19-20-16(24-12)11-22-8-6-21(7-9-22)10-15(23)18-14-4-2-13(17)3-5-14/h2-5H,6-11H2,1H3,(H,18,23)/p+2. The second-order valence-corrected chi connectivity index (χ2v) is 6.12. The molecular formula is C16H22FN5O2+2. The smallest absolute Gasteiger partial charge is 0.279 e. The lowest BCUT2D eigenvalue weighted by molar-refractivity contribution is -1.02. The Morgan fingerprint density at radius 3 is 2.46 bits per heavy atom. The van der Waals surface area contributed by atoms with E-state index in [4.69, 9.17) is 4.42 Å². The van der Waals surface area contributed by atoms with E-state index in [0.29, 0.717) is 24.0 Å². The van der Waals surface area contributed by atoms with Crippen molar-refractivity contribution in [2.24, 2.45) is 0 Å². The number of halogens is 1. The van der Waals surface area contributed by atoms with Gasteiger partial charge in [0.1, 0.15) is 32.0 Å². The number of piperazine rings is 1. The van der Waals surface area contributed by atoms with Crippen LogP contribution in [-0.2, 0) is 11.3 Å². The van der Waals surface area contributed by atoms with Crippen molar-refractivity contribution in [3.63, 3.8) is 0 Å². The summed E-state index contributed by atoms with van der Waals surface area (Å²) in [5, 5.41) is 10.7. The molecule has 1 fully saturated rings. The molecule has 3 rings (SSSR count). The van der Waals surface area contributed by atoms with E-state index in [1.807, 2.05) is 0 Å². The number of nitrogens with one attached hydrogen (secondary N) is 3. The summed E-state index contributed by atoms with van der Waals surface area (Å²) in [7, 11) is 0. The monoisotopic (exact) mass is 335 g/mol. The molecule has 1 saturated heterocycles. The first-order valence-corrected chi connectivity index (χ1v) is 8.10. The molecule has 128 valence electrons. The molecule has 2 heterocycles. The van der Waals surface area contributed by atoms with Gasteiger partial charge in [-0.15, -0.1) is 10.2 Å². The first-order chi connectivity index (χ1) is 11.6. The van der Waals surface area contributed by atoms with Gasteiger partial charge in [-0.2, -0.15) is 0 Å². The van der Waals surface area contributed by atoms with E-state index in [1.165, 1.54) is 21.9 Å². The number of carbonyl (C=O) groups is 1. The van der Waals surface area contributed by atoms with E-state index in [9.17, 15) is 9.18 Å². The van der Waals surface area contributed by atoms with E-state index >= 15 is 0 Å². The summed E-state index contributed by atoms with van der Waals surface area (Å²) < 4.78 is 18.3. The lowest BCUT2D eigenvalue weighted by atomic mass is 10.3. The average molecular weight is 335 g/mol. The Labute approximate surface area is 139 Å². The molecule has 0 saturated carbocycles. The topological polar surface area (TPSA) is 76.9 Å². The highest BCUT2D eigenvalue weighted by molar-refractivity contribution is 5.91. The van der Waals surface area contributed by atoms with E-state index in [2.05, 4.69) is 15.5 Å². The molecule has 3 N–H and O–H groups in total. The third kappa shape index (κ3) is 4.59. The zero-order valence-electron chi connectivity index (χ0n) is 13.6. The number of hydrogen-bond acceptors (Lipinski definition) is 4. The Morgan fingerprint density at radius 2 is 1.83 bits per heavy atom. The highest BCUT2D eigenvalue weighted by Gasteiger charge is 2.26. The van der Waals surface area contributed by atoms with Crippen molar-refractivity contribution in [3.8, 4) is 0 Å². The van der Waals surface area contributed by atoms with Gasteiger partial charge in [-0.05, 0) is 24.3 Å². The van der Waals surface area contributed by atoms with Gasteiger partial charge < -0.3 is 19.5 Å². The number of quaternary nitrogens is 2. The van der Waals surface area contributed by atoms with Crippen LogP contribution in [0.1, 0.15) is 11.8 Å². The number of nitrogens with zero attached hydrogens (tertiary/aromatic N) is 2. The van der Waals surface area contributed by atoms with Crippen molar-refractivity contribution in [3.05, 3.63) is 41.9 Å². The summed E-state index contributed by atoms with van der Waals surface area (Å²) in [5.41, 5.74) is 0.622. The number of anilines is 1. The van der Waals surface area contributed by atoms with Gasteiger partial charge in [-0.3, -0.25) is 4.79 Å². The lowest BCUT2D eigenvalue weighted by Crippen LogP contribution is -3.28. The molecule has 2 aromatic rings. The van der Waals surface area contributed by atoms with Gasteiger partial charge in [0.05, 0.1) is 0 Å². The van der Waals surface area contributed by atoms with Crippen LogP contribution in [0.15, 0.2) is 28.7 Å². The summed E-state index contributed by atoms with van der Waals surface area (Å²) in [6.07, 6.45) is 0. The highest BCUT2D eigenvalue weighted by Crippen LogP contribution is 2.07. The maximum absolute atomic E-state index is 12.9. The van der Waals surface area contributed by atoms with Gasteiger partial charge >= 0.3 is 0 Å².